The molecule has 0 spiro atoms. The van der Waals surface area contributed by atoms with Crippen LogP contribution in [0.25, 0.3) is 0 Å². The quantitative estimate of drug-likeness (QED) is 0.555. The van der Waals surface area contributed by atoms with E-state index in [2.05, 4.69) is 6.92 Å². The van der Waals surface area contributed by atoms with Crippen LogP contribution in [0.2, 0.25) is 0 Å². The SMILES string of the molecule is CCCCOC(=O)COC1CCCCC1N. The molecule has 0 bridgehead atoms. The Labute approximate surface area is 97.5 Å². The number of nitrogens with two attached hydrogens (primary N) is 1. The van der Waals surface area contributed by atoms with Crippen molar-refractivity contribution in [3.63, 3.8) is 0 Å². The highest BCUT2D eigenvalue weighted by Gasteiger charge is 2.23. The van der Waals surface area contributed by atoms with Crippen molar-refractivity contribution >= 4 is 5.97 Å². The van der Waals surface area contributed by atoms with E-state index in [9.17, 15) is 4.79 Å². The van der Waals surface area contributed by atoms with Gasteiger partial charge in [-0.2, -0.15) is 0 Å². The molecule has 2 N–H and O–H groups in total. The maximum atomic E-state index is 11.3. The van der Waals surface area contributed by atoms with E-state index in [4.69, 9.17) is 15.2 Å². The number of ether oxygens (including phenoxy) is 2. The predicted octanol–water partition coefficient (Wildman–Crippen LogP) is 1.62. The normalized spacial score (nSPS) is 25.4. The lowest BCUT2D eigenvalue weighted by Gasteiger charge is -2.28. The molecule has 0 aromatic carbocycles. The summed E-state index contributed by atoms with van der Waals surface area (Å²) >= 11 is 0. The van der Waals surface area contributed by atoms with Crippen molar-refractivity contribution in [3.05, 3.63) is 0 Å². The standard InChI is InChI=1S/C12H23NO3/c1-2-3-8-15-12(14)9-16-11-7-5-4-6-10(11)13/h10-11H,2-9,13H2,1H3. The van der Waals surface area contributed by atoms with Crippen LogP contribution in [-0.2, 0) is 14.3 Å². The van der Waals surface area contributed by atoms with Crippen LogP contribution in [0.15, 0.2) is 0 Å². The molecule has 2 unspecified atom stereocenters. The van der Waals surface area contributed by atoms with Crippen molar-refractivity contribution in [1.82, 2.24) is 0 Å². The Morgan fingerprint density at radius 1 is 1.38 bits per heavy atom. The van der Waals surface area contributed by atoms with Gasteiger partial charge in [-0.05, 0) is 19.3 Å². The summed E-state index contributed by atoms with van der Waals surface area (Å²) in [5, 5.41) is 0. The highest BCUT2D eigenvalue weighted by molar-refractivity contribution is 5.70. The Morgan fingerprint density at radius 2 is 2.12 bits per heavy atom. The van der Waals surface area contributed by atoms with E-state index in [0.29, 0.717) is 6.61 Å². The van der Waals surface area contributed by atoms with Gasteiger partial charge in [-0.3, -0.25) is 0 Å². The summed E-state index contributed by atoms with van der Waals surface area (Å²) in [6.45, 7) is 2.60. The third-order valence-corrected chi connectivity index (χ3v) is 2.93. The molecule has 1 rings (SSSR count). The van der Waals surface area contributed by atoms with E-state index < -0.39 is 0 Å². The number of hydrogen-bond acceptors (Lipinski definition) is 4. The minimum absolute atomic E-state index is 0.0347. The van der Waals surface area contributed by atoms with Gasteiger partial charge in [-0.25, -0.2) is 4.79 Å². The summed E-state index contributed by atoms with van der Waals surface area (Å²) in [5.74, 6) is -0.272. The third kappa shape index (κ3) is 4.94. The van der Waals surface area contributed by atoms with Gasteiger partial charge >= 0.3 is 5.97 Å². The molecule has 4 heteroatoms. The lowest BCUT2D eigenvalue weighted by molar-refractivity contribution is -0.152. The van der Waals surface area contributed by atoms with Gasteiger partial charge in [0.2, 0.25) is 0 Å². The van der Waals surface area contributed by atoms with E-state index >= 15 is 0 Å². The molecule has 1 aliphatic carbocycles. The maximum Gasteiger partial charge on any atom is 0.332 e. The monoisotopic (exact) mass is 229 g/mol. The second kappa shape index (κ2) is 7.63. The molecule has 4 nitrogen and oxygen atoms in total. The number of carbonyl (C=O) groups excluding carboxylic acids is 1. The molecule has 0 aromatic heterocycles. The minimum atomic E-state index is -0.272. The van der Waals surface area contributed by atoms with Crippen molar-refractivity contribution in [1.29, 1.82) is 0 Å². The zero-order valence-corrected chi connectivity index (χ0v) is 10.1. The highest BCUT2D eigenvalue weighted by Crippen LogP contribution is 2.19. The molecule has 16 heavy (non-hydrogen) atoms. The average molecular weight is 229 g/mol. The van der Waals surface area contributed by atoms with Gasteiger partial charge in [0.05, 0.1) is 12.7 Å². The second-order valence-electron chi connectivity index (χ2n) is 4.37. The van der Waals surface area contributed by atoms with Gasteiger partial charge in [0.25, 0.3) is 0 Å². The number of carbonyl (C=O) groups is 1. The highest BCUT2D eigenvalue weighted by atomic mass is 16.6. The average Bonchev–Trinajstić information content (AvgIpc) is 2.28. The maximum absolute atomic E-state index is 11.3. The molecule has 1 saturated carbocycles. The lowest BCUT2D eigenvalue weighted by atomic mass is 9.93. The zero-order valence-electron chi connectivity index (χ0n) is 10.1. The smallest absolute Gasteiger partial charge is 0.332 e. The van der Waals surface area contributed by atoms with E-state index in [1.165, 1.54) is 6.42 Å². The van der Waals surface area contributed by atoms with E-state index in [1.807, 2.05) is 0 Å². The van der Waals surface area contributed by atoms with Crippen LogP contribution >= 0.6 is 0 Å². The molecule has 0 radical (unpaired) electrons. The number of esters is 1. The zero-order chi connectivity index (χ0) is 11.8. The topological polar surface area (TPSA) is 61.5 Å². The van der Waals surface area contributed by atoms with Crippen molar-refractivity contribution in [3.8, 4) is 0 Å². The summed E-state index contributed by atoms with van der Waals surface area (Å²) in [5.41, 5.74) is 5.91. The third-order valence-electron chi connectivity index (χ3n) is 2.93. The van der Waals surface area contributed by atoms with Crippen LogP contribution < -0.4 is 5.73 Å². The van der Waals surface area contributed by atoms with Crippen molar-refractivity contribution < 1.29 is 14.3 Å². The van der Waals surface area contributed by atoms with Gasteiger partial charge in [0.15, 0.2) is 0 Å². The summed E-state index contributed by atoms with van der Waals surface area (Å²) in [6, 6.07) is 0.0807. The first kappa shape index (κ1) is 13.5. The van der Waals surface area contributed by atoms with Gasteiger partial charge < -0.3 is 15.2 Å². The Morgan fingerprint density at radius 3 is 2.81 bits per heavy atom. The molecular weight excluding hydrogens is 206 g/mol. The number of rotatable bonds is 6. The molecule has 1 fully saturated rings. The first-order valence-electron chi connectivity index (χ1n) is 6.27. The van der Waals surface area contributed by atoms with Gasteiger partial charge in [0, 0.05) is 6.04 Å². The van der Waals surface area contributed by atoms with E-state index in [0.717, 1.165) is 32.1 Å². The van der Waals surface area contributed by atoms with Crippen molar-refractivity contribution in [2.24, 2.45) is 5.73 Å². The Kier molecular flexibility index (Phi) is 6.42. The first-order chi connectivity index (χ1) is 7.74. The number of unbranched alkanes of at least 4 members (excludes halogenated alkanes) is 1. The fourth-order valence-electron chi connectivity index (χ4n) is 1.88. The minimum Gasteiger partial charge on any atom is -0.464 e. The van der Waals surface area contributed by atoms with Crippen LogP contribution in [0.1, 0.15) is 45.4 Å². The largest absolute Gasteiger partial charge is 0.464 e. The summed E-state index contributed by atoms with van der Waals surface area (Å²) < 4.78 is 10.5. The molecule has 0 heterocycles. The molecular formula is C12H23NO3. The summed E-state index contributed by atoms with van der Waals surface area (Å²) in [4.78, 5) is 11.3. The fraction of sp³-hybridized carbons (Fsp3) is 0.917. The molecule has 2 atom stereocenters. The van der Waals surface area contributed by atoms with Crippen LogP contribution in [0.5, 0.6) is 0 Å². The van der Waals surface area contributed by atoms with E-state index in [1.54, 1.807) is 0 Å². The summed E-state index contributed by atoms with van der Waals surface area (Å²) in [7, 11) is 0. The van der Waals surface area contributed by atoms with Crippen molar-refractivity contribution in [2.45, 2.75) is 57.6 Å². The molecule has 0 aliphatic heterocycles. The molecule has 1 aliphatic rings. The van der Waals surface area contributed by atoms with Gasteiger partial charge in [0.1, 0.15) is 6.61 Å². The van der Waals surface area contributed by atoms with Crippen molar-refractivity contribution in [2.75, 3.05) is 13.2 Å². The Balaban J connectivity index is 2.10. The lowest BCUT2D eigenvalue weighted by Crippen LogP contribution is -2.40. The van der Waals surface area contributed by atoms with Crippen LogP contribution in [-0.4, -0.2) is 31.3 Å². The van der Waals surface area contributed by atoms with Crippen LogP contribution in [0, 0.1) is 0 Å². The molecule has 94 valence electrons. The Hall–Kier alpha value is -0.610. The van der Waals surface area contributed by atoms with Crippen LogP contribution in [0.3, 0.4) is 0 Å². The van der Waals surface area contributed by atoms with Crippen LogP contribution in [0.4, 0.5) is 0 Å². The predicted molar refractivity (Wildman–Crippen MR) is 62.1 cm³/mol. The molecule has 0 amide bonds. The van der Waals surface area contributed by atoms with Gasteiger partial charge in [-0.15, -0.1) is 0 Å². The first-order valence-corrected chi connectivity index (χ1v) is 6.27. The number of hydrogen-bond donors (Lipinski definition) is 1. The van der Waals surface area contributed by atoms with E-state index in [-0.39, 0.29) is 24.7 Å². The van der Waals surface area contributed by atoms with Gasteiger partial charge in [-0.1, -0.05) is 26.2 Å². The fourth-order valence-corrected chi connectivity index (χ4v) is 1.88. The summed E-state index contributed by atoms with van der Waals surface area (Å²) in [6.07, 6.45) is 6.24. The molecule has 0 saturated heterocycles. The Bertz CT molecular complexity index is 208. The molecule has 0 aromatic rings. The second-order valence-corrected chi connectivity index (χ2v) is 4.37.